The van der Waals surface area contributed by atoms with Crippen molar-refractivity contribution in [3.05, 3.63) is 17.0 Å². The number of rotatable bonds is 3. The van der Waals surface area contributed by atoms with Gasteiger partial charge in [0.2, 0.25) is 0 Å². The summed E-state index contributed by atoms with van der Waals surface area (Å²) in [5.74, 6) is 4.28. The van der Waals surface area contributed by atoms with Gasteiger partial charge in [0.25, 0.3) is 0 Å². The number of hydrogen-bond acceptors (Lipinski definition) is 4. The van der Waals surface area contributed by atoms with Crippen LogP contribution in [0.25, 0.3) is 0 Å². The maximum atomic E-state index is 6.06. The van der Waals surface area contributed by atoms with Crippen LogP contribution in [0.15, 0.2) is 6.07 Å². The van der Waals surface area contributed by atoms with Gasteiger partial charge < -0.3 is 4.90 Å². The van der Waals surface area contributed by atoms with Gasteiger partial charge in [-0.25, -0.2) is 9.97 Å². The van der Waals surface area contributed by atoms with Gasteiger partial charge in [-0.2, -0.15) is 11.8 Å². The average molecular weight is 272 g/mol. The maximum absolute atomic E-state index is 6.06. The minimum absolute atomic E-state index is 0.565. The van der Waals surface area contributed by atoms with Crippen LogP contribution in [0.5, 0.6) is 0 Å². The second kappa shape index (κ2) is 6.45. The molecule has 0 saturated carbocycles. The number of aromatic nitrogens is 2. The first-order valence-electron chi connectivity index (χ1n) is 6.15. The van der Waals surface area contributed by atoms with Crippen molar-refractivity contribution < 1.29 is 0 Å². The van der Waals surface area contributed by atoms with Gasteiger partial charge in [-0.1, -0.05) is 18.5 Å². The Morgan fingerprint density at radius 1 is 1.35 bits per heavy atom. The highest BCUT2D eigenvalue weighted by Crippen LogP contribution is 2.20. The van der Waals surface area contributed by atoms with E-state index in [-0.39, 0.29) is 0 Å². The summed E-state index contributed by atoms with van der Waals surface area (Å²) in [7, 11) is 0. The average Bonchev–Trinajstić information content (AvgIpc) is 2.57. The van der Waals surface area contributed by atoms with Crippen LogP contribution in [0.2, 0.25) is 5.15 Å². The zero-order valence-electron chi connectivity index (χ0n) is 10.2. The summed E-state index contributed by atoms with van der Waals surface area (Å²) in [6, 6.07) is 1.89. The van der Waals surface area contributed by atoms with E-state index in [0.29, 0.717) is 5.15 Å². The summed E-state index contributed by atoms with van der Waals surface area (Å²) in [5, 5.41) is 0.565. The van der Waals surface area contributed by atoms with Gasteiger partial charge in [-0.15, -0.1) is 0 Å². The van der Waals surface area contributed by atoms with Crippen LogP contribution >= 0.6 is 23.4 Å². The van der Waals surface area contributed by atoms with E-state index in [0.717, 1.165) is 37.6 Å². The molecule has 1 aliphatic heterocycles. The molecule has 94 valence electrons. The van der Waals surface area contributed by atoms with Crippen molar-refractivity contribution in [1.82, 2.24) is 9.97 Å². The Morgan fingerprint density at radius 2 is 2.24 bits per heavy atom. The molecule has 1 fully saturated rings. The first kappa shape index (κ1) is 13.0. The standard InChI is InChI=1S/C12H18ClN3S/c1-2-4-11-14-10(13)9-12(15-11)16-5-3-7-17-8-6-16/h9H,2-8H2,1H3. The molecule has 0 bridgehead atoms. The Kier molecular flexibility index (Phi) is 4.92. The second-order valence-corrected chi connectivity index (χ2v) is 5.78. The van der Waals surface area contributed by atoms with E-state index in [2.05, 4.69) is 21.8 Å². The molecule has 0 unspecified atom stereocenters. The fourth-order valence-electron chi connectivity index (χ4n) is 1.92. The highest BCUT2D eigenvalue weighted by Gasteiger charge is 2.13. The zero-order valence-corrected chi connectivity index (χ0v) is 11.7. The van der Waals surface area contributed by atoms with Crippen LogP contribution in [-0.4, -0.2) is 34.6 Å². The Bertz CT molecular complexity index is 365. The predicted molar refractivity (Wildman–Crippen MR) is 75.2 cm³/mol. The van der Waals surface area contributed by atoms with Crippen LogP contribution in [0, 0.1) is 0 Å². The van der Waals surface area contributed by atoms with Gasteiger partial charge in [0.1, 0.15) is 16.8 Å². The second-order valence-electron chi connectivity index (χ2n) is 4.17. The van der Waals surface area contributed by atoms with Gasteiger partial charge >= 0.3 is 0 Å². The SMILES string of the molecule is CCCc1nc(Cl)cc(N2CCCSCC2)n1. The summed E-state index contributed by atoms with van der Waals surface area (Å²) >= 11 is 8.08. The van der Waals surface area contributed by atoms with Crippen molar-refractivity contribution in [2.45, 2.75) is 26.2 Å². The maximum Gasteiger partial charge on any atom is 0.134 e. The number of thioether (sulfide) groups is 1. The van der Waals surface area contributed by atoms with Crippen molar-refractivity contribution in [1.29, 1.82) is 0 Å². The molecule has 0 N–H and O–H groups in total. The largest absolute Gasteiger partial charge is 0.356 e. The highest BCUT2D eigenvalue weighted by molar-refractivity contribution is 7.99. The normalized spacial score (nSPS) is 16.9. The van der Waals surface area contributed by atoms with Crippen molar-refractivity contribution in [2.24, 2.45) is 0 Å². The van der Waals surface area contributed by atoms with Gasteiger partial charge in [-0.05, 0) is 18.6 Å². The van der Waals surface area contributed by atoms with Crippen molar-refractivity contribution in [3.63, 3.8) is 0 Å². The topological polar surface area (TPSA) is 29.0 Å². The first-order chi connectivity index (χ1) is 8.29. The number of anilines is 1. The van der Waals surface area contributed by atoms with E-state index in [4.69, 9.17) is 11.6 Å². The Hall–Kier alpha value is -0.480. The molecule has 17 heavy (non-hydrogen) atoms. The Morgan fingerprint density at radius 3 is 3.06 bits per heavy atom. The summed E-state index contributed by atoms with van der Waals surface area (Å²) < 4.78 is 0. The Balaban J connectivity index is 2.17. The Labute approximate surface area is 112 Å². The van der Waals surface area contributed by atoms with E-state index >= 15 is 0 Å². The number of nitrogens with zero attached hydrogens (tertiary/aromatic N) is 3. The van der Waals surface area contributed by atoms with Gasteiger partial charge in [0, 0.05) is 31.3 Å². The van der Waals surface area contributed by atoms with Gasteiger partial charge in [0.15, 0.2) is 0 Å². The lowest BCUT2D eigenvalue weighted by molar-refractivity contribution is 0.775. The highest BCUT2D eigenvalue weighted by atomic mass is 35.5. The first-order valence-corrected chi connectivity index (χ1v) is 7.69. The fourth-order valence-corrected chi connectivity index (χ4v) is 3.01. The molecule has 0 radical (unpaired) electrons. The summed E-state index contributed by atoms with van der Waals surface area (Å²) in [6.07, 6.45) is 3.17. The minimum Gasteiger partial charge on any atom is -0.356 e. The van der Waals surface area contributed by atoms with Gasteiger partial charge in [-0.3, -0.25) is 0 Å². The summed E-state index contributed by atoms with van der Waals surface area (Å²) in [5.41, 5.74) is 0. The number of halogens is 1. The third kappa shape index (κ3) is 3.75. The molecule has 2 heterocycles. The van der Waals surface area contributed by atoms with Crippen LogP contribution < -0.4 is 4.90 Å². The molecule has 0 aromatic carbocycles. The minimum atomic E-state index is 0.565. The number of aryl methyl sites for hydroxylation is 1. The molecule has 1 saturated heterocycles. The molecule has 2 rings (SSSR count). The molecule has 0 spiro atoms. The van der Waals surface area contributed by atoms with E-state index in [1.165, 1.54) is 17.9 Å². The molecule has 3 nitrogen and oxygen atoms in total. The zero-order chi connectivity index (χ0) is 12.1. The molecule has 0 amide bonds. The monoisotopic (exact) mass is 271 g/mol. The van der Waals surface area contributed by atoms with E-state index < -0.39 is 0 Å². The van der Waals surface area contributed by atoms with Crippen molar-refractivity contribution in [2.75, 3.05) is 29.5 Å². The van der Waals surface area contributed by atoms with E-state index in [1.807, 2.05) is 17.8 Å². The van der Waals surface area contributed by atoms with E-state index in [1.54, 1.807) is 0 Å². The lowest BCUT2D eigenvalue weighted by Gasteiger charge is -2.21. The number of hydrogen-bond donors (Lipinski definition) is 0. The third-order valence-corrected chi connectivity index (χ3v) is 3.99. The summed E-state index contributed by atoms with van der Waals surface area (Å²) in [6.45, 7) is 4.27. The molecule has 5 heteroatoms. The smallest absolute Gasteiger partial charge is 0.134 e. The molecule has 1 aromatic rings. The lowest BCUT2D eigenvalue weighted by atomic mass is 10.3. The molecule has 0 aliphatic carbocycles. The molecular weight excluding hydrogens is 254 g/mol. The van der Waals surface area contributed by atoms with Crippen LogP contribution in [-0.2, 0) is 6.42 Å². The van der Waals surface area contributed by atoms with Gasteiger partial charge in [0.05, 0.1) is 0 Å². The van der Waals surface area contributed by atoms with Crippen molar-refractivity contribution in [3.8, 4) is 0 Å². The van der Waals surface area contributed by atoms with Crippen molar-refractivity contribution >= 4 is 29.2 Å². The third-order valence-electron chi connectivity index (χ3n) is 2.75. The van der Waals surface area contributed by atoms with Crippen LogP contribution in [0.3, 0.4) is 0 Å². The summed E-state index contributed by atoms with van der Waals surface area (Å²) in [4.78, 5) is 11.2. The predicted octanol–water partition coefficient (Wildman–Crippen LogP) is 3.03. The van der Waals surface area contributed by atoms with Crippen LogP contribution in [0.1, 0.15) is 25.6 Å². The quantitative estimate of drug-likeness (QED) is 0.791. The molecular formula is C12H18ClN3S. The molecule has 1 aromatic heterocycles. The van der Waals surface area contributed by atoms with E-state index in [9.17, 15) is 0 Å². The van der Waals surface area contributed by atoms with Crippen LogP contribution in [0.4, 0.5) is 5.82 Å². The fraction of sp³-hybridized carbons (Fsp3) is 0.667. The molecule has 1 aliphatic rings. The molecule has 0 atom stereocenters. The lowest BCUT2D eigenvalue weighted by Crippen LogP contribution is -2.26.